The molecule has 1 aromatic carbocycles. The van der Waals surface area contributed by atoms with Crippen LogP contribution in [0.3, 0.4) is 0 Å². The van der Waals surface area contributed by atoms with E-state index in [4.69, 9.17) is 4.74 Å². The van der Waals surface area contributed by atoms with E-state index in [1.54, 1.807) is 6.07 Å². The zero-order chi connectivity index (χ0) is 13.0. The predicted molar refractivity (Wildman–Crippen MR) is 71.0 cm³/mol. The number of nitrogens with one attached hydrogen (secondary N) is 1. The first-order valence-electron chi connectivity index (χ1n) is 6.80. The summed E-state index contributed by atoms with van der Waals surface area (Å²) in [6.07, 6.45) is 1.90. The topological polar surface area (TPSA) is 21.3 Å². The molecule has 0 aromatic heterocycles. The van der Waals surface area contributed by atoms with E-state index < -0.39 is 0 Å². The van der Waals surface area contributed by atoms with E-state index in [1.165, 1.54) is 6.07 Å². The van der Waals surface area contributed by atoms with Crippen molar-refractivity contribution in [2.75, 3.05) is 13.2 Å². The van der Waals surface area contributed by atoms with E-state index >= 15 is 0 Å². The molecule has 1 N–H and O–H groups in total. The Morgan fingerprint density at radius 1 is 1.44 bits per heavy atom. The molecule has 1 fully saturated rings. The van der Waals surface area contributed by atoms with E-state index in [0.717, 1.165) is 31.6 Å². The van der Waals surface area contributed by atoms with Crippen LogP contribution in [-0.4, -0.2) is 19.3 Å². The van der Waals surface area contributed by atoms with Crippen molar-refractivity contribution < 1.29 is 9.13 Å². The van der Waals surface area contributed by atoms with Crippen LogP contribution < -0.4 is 5.32 Å². The molecule has 1 aromatic rings. The van der Waals surface area contributed by atoms with E-state index in [1.807, 2.05) is 12.1 Å². The van der Waals surface area contributed by atoms with Crippen molar-refractivity contribution in [2.45, 2.75) is 38.8 Å². The average molecular weight is 251 g/mol. The van der Waals surface area contributed by atoms with E-state index in [0.29, 0.717) is 12.0 Å². The van der Waals surface area contributed by atoms with Gasteiger partial charge in [0.05, 0.1) is 6.61 Å². The Kier molecular flexibility index (Phi) is 4.72. The van der Waals surface area contributed by atoms with Crippen LogP contribution in [0.25, 0.3) is 0 Å². The summed E-state index contributed by atoms with van der Waals surface area (Å²) in [5.41, 5.74) is 0.777. The van der Waals surface area contributed by atoms with Gasteiger partial charge in [-0.15, -0.1) is 0 Å². The summed E-state index contributed by atoms with van der Waals surface area (Å²) >= 11 is 0. The fourth-order valence-corrected chi connectivity index (χ4v) is 2.57. The van der Waals surface area contributed by atoms with Gasteiger partial charge in [0, 0.05) is 24.3 Å². The molecule has 18 heavy (non-hydrogen) atoms. The summed E-state index contributed by atoms with van der Waals surface area (Å²) in [6, 6.07) is 7.56. The molecule has 0 spiro atoms. The van der Waals surface area contributed by atoms with Crippen LogP contribution >= 0.6 is 0 Å². The third kappa shape index (κ3) is 3.09. The molecule has 3 heteroatoms. The molecular formula is C15H22FNO. The second kappa shape index (κ2) is 6.30. The largest absolute Gasteiger partial charge is 0.381 e. The first-order chi connectivity index (χ1) is 8.72. The molecule has 0 bridgehead atoms. The maximum atomic E-state index is 13.8. The summed E-state index contributed by atoms with van der Waals surface area (Å²) in [4.78, 5) is 0. The zero-order valence-corrected chi connectivity index (χ0v) is 11.2. The molecular weight excluding hydrogens is 229 g/mol. The number of ether oxygens (including phenoxy) is 1. The molecule has 1 aliphatic heterocycles. The van der Waals surface area contributed by atoms with Crippen molar-refractivity contribution in [3.63, 3.8) is 0 Å². The molecule has 0 saturated carbocycles. The highest BCUT2D eigenvalue weighted by Gasteiger charge is 2.25. The molecule has 100 valence electrons. The van der Waals surface area contributed by atoms with Gasteiger partial charge in [0.1, 0.15) is 5.82 Å². The van der Waals surface area contributed by atoms with Gasteiger partial charge in [-0.05, 0) is 24.8 Å². The third-order valence-electron chi connectivity index (χ3n) is 3.74. The summed E-state index contributed by atoms with van der Waals surface area (Å²) in [7, 11) is 0. The molecule has 1 saturated heterocycles. The average Bonchev–Trinajstić information content (AvgIpc) is 2.39. The van der Waals surface area contributed by atoms with Crippen LogP contribution in [0, 0.1) is 11.7 Å². The Bertz CT molecular complexity index is 383. The van der Waals surface area contributed by atoms with Gasteiger partial charge in [0.15, 0.2) is 0 Å². The molecule has 3 unspecified atom stereocenters. The Balaban J connectivity index is 2.07. The van der Waals surface area contributed by atoms with Crippen molar-refractivity contribution in [1.29, 1.82) is 0 Å². The normalized spacial score (nSPS) is 25.9. The third-order valence-corrected chi connectivity index (χ3v) is 3.74. The SMILES string of the molecule is CCC(NC1CCOCC1C)c1ccccc1F. The number of hydrogen-bond acceptors (Lipinski definition) is 2. The lowest BCUT2D eigenvalue weighted by molar-refractivity contribution is 0.0354. The smallest absolute Gasteiger partial charge is 0.127 e. The van der Waals surface area contributed by atoms with Crippen molar-refractivity contribution in [3.05, 3.63) is 35.6 Å². The predicted octanol–water partition coefficient (Wildman–Crippen LogP) is 3.29. The van der Waals surface area contributed by atoms with Gasteiger partial charge in [-0.1, -0.05) is 32.0 Å². The Labute approximate surface area is 109 Å². The fraction of sp³-hybridized carbons (Fsp3) is 0.600. The van der Waals surface area contributed by atoms with Crippen LogP contribution in [0.15, 0.2) is 24.3 Å². The summed E-state index contributed by atoms with van der Waals surface area (Å²) in [5.74, 6) is 0.371. The molecule has 1 heterocycles. The monoisotopic (exact) mass is 251 g/mol. The maximum absolute atomic E-state index is 13.8. The maximum Gasteiger partial charge on any atom is 0.127 e. The Morgan fingerprint density at radius 3 is 2.89 bits per heavy atom. The summed E-state index contributed by atoms with van der Waals surface area (Å²) < 4.78 is 19.3. The van der Waals surface area contributed by atoms with Gasteiger partial charge in [-0.25, -0.2) is 4.39 Å². The van der Waals surface area contributed by atoms with Crippen LogP contribution in [0.1, 0.15) is 38.3 Å². The number of hydrogen-bond donors (Lipinski definition) is 1. The van der Waals surface area contributed by atoms with Gasteiger partial charge >= 0.3 is 0 Å². The lowest BCUT2D eigenvalue weighted by Gasteiger charge is -2.33. The zero-order valence-electron chi connectivity index (χ0n) is 11.2. The van der Waals surface area contributed by atoms with E-state index in [9.17, 15) is 4.39 Å². The Hall–Kier alpha value is -0.930. The minimum absolute atomic E-state index is 0.0942. The molecule has 2 rings (SSSR count). The fourth-order valence-electron chi connectivity index (χ4n) is 2.57. The standard InChI is InChI=1S/C15H22FNO/c1-3-14(12-6-4-5-7-13(12)16)17-15-8-9-18-10-11(15)2/h4-7,11,14-15,17H,3,8-10H2,1-2H3. The highest BCUT2D eigenvalue weighted by Crippen LogP contribution is 2.23. The van der Waals surface area contributed by atoms with Crippen LogP contribution in [0.4, 0.5) is 4.39 Å². The first-order valence-corrected chi connectivity index (χ1v) is 6.80. The molecule has 3 atom stereocenters. The molecule has 0 aliphatic carbocycles. The molecule has 2 nitrogen and oxygen atoms in total. The lowest BCUT2D eigenvalue weighted by Crippen LogP contribution is -2.43. The van der Waals surface area contributed by atoms with Crippen LogP contribution in [0.2, 0.25) is 0 Å². The van der Waals surface area contributed by atoms with Gasteiger partial charge in [0.2, 0.25) is 0 Å². The summed E-state index contributed by atoms with van der Waals surface area (Å²) in [5, 5.41) is 3.59. The lowest BCUT2D eigenvalue weighted by atomic mass is 9.94. The Morgan fingerprint density at radius 2 is 2.22 bits per heavy atom. The highest BCUT2D eigenvalue weighted by molar-refractivity contribution is 5.21. The minimum atomic E-state index is -0.114. The van der Waals surface area contributed by atoms with Crippen molar-refractivity contribution in [3.8, 4) is 0 Å². The number of rotatable bonds is 4. The van der Waals surface area contributed by atoms with Crippen molar-refractivity contribution >= 4 is 0 Å². The first kappa shape index (κ1) is 13.5. The van der Waals surface area contributed by atoms with Gasteiger partial charge < -0.3 is 10.1 Å². The number of benzene rings is 1. The van der Waals surface area contributed by atoms with Gasteiger partial charge in [0.25, 0.3) is 0 Å². The molecule has 1 aliphatic rings. The summed E-state index contributed by atoms with van der Waals surface area (Å²) in [6.45, 7) is 5.88. The highest BCUT2D eigenvalue weighted by atomic mass is 19.1. The quantitative estimate of drug-likeness (QED) is 0.886. The van der Waals surface area contributed by atoms with Gasteiger partial charge in [-0.2, -0.15) is 0 Å². The molecule has 0 amide bonds. The number of halogens is 1. The second-order valence-electron chi connectivity index (χ2n) is 5.10. The molecule has 0 radical (unpaired) electrons. The van der Waals surface area contributed by atoms with Crippen LogP contribution in [-0.2, 0) is 4.74 Å². The minimum Gasteiger partial charge on any atom is -0.381 e. The van der Waals surface area contributed by atoms with Crippen LogP contribution in [0.5, 0.6) is 0 Å². The van der Waals surface area contributed by atoms with Crippen molar-refractivity contribution in [2.24, 2.45) is 5.92 Å². The van der Waals surface area contributed by atoms with E-state index in [-0.39, 0.29) is 11.9 Å². The van der Waals surface area contributed by atoms with Crippen molar-refractivity contribution in [1.82, 2.24) is 5.32 Å². The van der Waals surface area contributed by atoms with Gasteiger partial charge in [-0.3, -0.25) is 0 Å². The van der Waals surface area contributed by atoms with E-state index in [2.05, 4.69) is 19.2 Å². The second-order valence-corrected chi connectivity index (χ2v) is 5.10.